The smallest absolute Gasteiger partial charge is 0.162 e. The summed E-state index contributed by atoms with van der Waals surface area (Å²) in [5, 5.41) is 4.18. The number of aromatic nitrogens is 3. The number of hydrogen-bond donors (Lipinski definition) is 0. The second kappa shape index (κ2) is 8.54. The molecule has 136 valence electrons. The predicted molar refractivity (Wildman–Crippen MR) is 93.8 cm³/mol. The lowest BCUT2D eigenvalue weighted by Crippen LogP contribution is -2.31. The Kier molecular flexibility index (Phi) is 6.67. The van der Waals surface area contributed by atoms with Crippen molar-refractivity contribution >= 4 is 17.4 Å². The molecular formula is C18H23ClFN3O2. The molecule has 1 unspecified atom stereocenters. The molecule has 1 aromatic heterocycles. The van der Waals surface area contributed by atoms with Crippen molar-refractivity contribution in [2.45, 2.75) is 46.3 Å². The van der Waals surface area contributed by atoms with Gasteiger partial charge in [-0.3, -0.25) is 4.79 Å². The lowest BCUT2D eigenvalue weighted by Gasteiger charge is -2.24. The maximum absolute atomic E-state index is 13.8. The minimum atomic E-state index is -0.471. The molecule has 0 saturated heterocycles. The van der Waals surface area contributed by atoms with Gasteiger partial charge in [-0.15, -0.1) is 0 Å². The average molecular weight is 368 g/mol. The Labute approximate surface area is 152 Å². The van der Waals surface area contributed by atoms with E-state index in [0.29, 0.717) is 25.0 Å². The maximum atomic E-state index is 13.8. The molecule has 7 heteroatoms. The van der Waals surface area contributed by atoms with Gasteiger partial charge in [-0.25, -0.2) is 14.1 Å². The zero-order valence-corrected chi connectivity index (χ0v) is 15.5. The molecule has 2 rings (SSSR count). The Bertz CT molecular complexity index is 699. The third kappa shape index (κ3) is 5.34. The molecule has 0 saturated carbocycles. The molecule has 0 aliphatic heterocycles. The first-order valence-corrected chi connectivity index (χ1v) is 8.57. The van der Waals surface area contributed by atoms with Crippen LogP contribution in [0.3, 0.4) is 0 Å². The quantitative estimate of drug-likeness (QED) is 0.655. The zero-order valence-electron chi connectivity index (χ0n) is 14.7. The molecule has 0 radical (unpaired) electrons. The number of Topliss-reactive ketones (excluding diaryl/α,β-unsaturated/α-hetero) is 1. The van der Waals surface area contributed by atoms with Gasteiger partial charge in [-0.1, -0.05) is 44.5 Å². The maximum Gasteiger partial charge on any atom is 0.162 e. The van der Waals surface area contributed by atoms with Crippen LogP contribution in [-0.2, 0) is 16.1 Å². The van der Waals surface area contributed by atoms with Crippen molar-refractivity contribution in [3.8, 4) is 0 Å². The fourth-order valence-corrected chi connectivity index (χ4v) is 2.68. The predicted octanol–water partition coefficient (Wildman–Crippen LogP) is 4.22. The van der Waals surface area contributed by atoms with Crippen LogP contribution >= 0.6 is 11.6 Å². The Morgan fingerprint density at radius 1 is 1.40 bits per heavy atom. The number of ketones is 1. The molecule has 0 fully saturated rings. The Morgan fingerprint density at radius 3 is 2.80 bits per heavy atom. The lowest BCUT2D eigenvalue weighted by molar-refractivity contribution is -0.130. The first-order chi connectivity index (χ1) is 11.8. The topological polar surface area (TPSA) is 57.0 Å². The van der Waals surface area contributed by atoms with Crippen LogP contribution in [0.4, 0.5) is 4.39 Å². The summed E-state index contributed by atoms with van der Waals surface area (Å²) in [4.78, 5) is 16.6. The number of carbonyl (C=O) groups excluding carboxylic acids is 1. The Hall–Kier alpha value is -1.79. The monoisotopic (exact) mass is 367 g/mol. The van der Waals surface area contributed by atoms with E-state index in [1.807, 2.05) is 20.8 Å². The van der Waals surface area contributed by atoms with E-state index in [9.17, 15) is 9.18 Å². The van der Waals surface area contributed by atoms with Crippen molar-refractivity contribution in [1.29, 1.82) is 0 Å². The van der Waals surface area contributed by atoms with E-state index in [0.717, 1.165) is 0 Å². The van der Waals surface area contributed by atoms with E-state index in [1.54, 1.807) is 23.1 Å². The van der Waals surface area contributed by atoms with Gasteiger partial charge < -0.3 is 4.74 Å². The van der Waals surface area contributed by atoms with Crippen LogP contribution in [0.25, 0.3) is 0 Å². The van der Waals surface area contributed by atoms with Gasteiger partial charge in [0, 0.05) is 17.6 Å². The minimum absolute atomic E-state index is 0.0862. The molecule has 0 aliphatic rings. The van der Waals surface area contributed by atoms with Crippen molar-refractivity contribution in [3.63, 3.8) is 0 Å². The van der Waals surface area contributed by atoms with Crippen molar-refractivity contribution in [3.05, 3.63) is 47.3 Å². The Morgan fingerprint density at radius 2 is 2.16 bits per heavy atom. The second-order valence-corrected chi connectivity index (χ2v) is 7.32. The number of rotatable bonds is 8. The van der Waals surface area contributed by atoms with Crippen LogP contribution in [-0.4, -0.2) is 27.2 Å². The van der Waals surface area contributed by atoms with Crippen molar-refractivity contribution in [2.75, 3.05) is 6.61 Å². The molecule has 0 spiro atoms. The van der Waals surface area contributed by atoms with Gasteiger partial charge in [0.05, 0.1) is 11.6 Å². The molecule has 5 nitrogen and oxygen atoms in total. The third-order valence-electron chi connectivity index (χ3n) is 3.85. The summed E-state index contributed by atoms with van der Waals surface area (Å²) in [7, 11) is 0. The van der Waals surface area contributed by atoms with Gasteiger partial charge in [-0.2, -0.15) is 5.10 Å². The molecule has 1 heterocycles. The summed E-state index contributed by atoms with van der Waals surface area (Å²) in [6.45, 7) is 6.22. The van der Waals surface area contributed by atoms with Crippen molar-refractivity contribution in [2.24, 2.45) is 5.41 Å². The first-order valence-electron chi connectivity index (χ1n) is 8.19. The summed E-state index contributed by atoms with van der Waals surface area (Å²) >= 11 is 5.75. The number of ether oxygens (including phenoxy) is 1. The van der Waals surface area contributed by atoms with Gasteiger partial charge in [0.25, 0.3) is 0 Å². The van der Waals surface area contributed by atoms with Crippen LogP contribution in [0, 0.1) is 11.2 Å². The number of hydrogen-bond acceptors (Lipinski definition) is 4. The van der Waals surface area contributed by atoms with Crippen LogP contribution in [0.5, 0.6) is 0 Å². The molecule has 0 amide bonds. The molecular weight excluding hydrogens is 345 g/mol. The second-order valence-electron chi connectivity index (χ2n) is 6.91. The highest BCUT2D eigenvalue weighted by Gasteiger charge is 2.31. The number of nitrogens with zero attached hydrogens (tertiary/aromatic N) is 3. The summed E-state index contributed by atoms with van der Waals surface area (Å²) < 4.78 is 20.9. The molecule has 0 bridgehead atoms. The molecule has 0 aliphatic carbocycles. The van der Waals surface area contributed by atoms with Crippen molar-refractivity contribution in [1.82, 2.24) is 14.8 Å². The third-order valence-corrected chi connectivity index (χ3v) is 4.15. The molecule has 1 atom stereocenters. The van der Waals surface area contributed by atoms with Crippen LogP contribution < -0.4 is 0 Å². The highest BCUT2D eigenvalue weighted by Crippen LogP contribution is 2.26. The van der Waals surface area contributed by atoms with E-state index < -0.39 is 11.2 Å². The van der Waals surface area contributed by atoms with Crippen LogP contribution in [0.15, 0.2) is 30.9 Å². The first kappa shape index (κ1) is 19.5. The molecule has 0 N–H and O–H groups in total. The SMILES string of the molecule is CC(C)(C)C(=O)C(CCCOCc1cccc(Cl)c1F)n1cncn1. The highest BCUT2D eigenvalue weighted by atomic mass is 35.5. The lowest BCUT2D eigenvalue weighted by atomic mass is 9.85. The fourth-order valence-electron chi connectivity index (χ4n) is 2.48. The zero-order chi connectivity index (χ0) is 18.4. The molecule has 2 aromatic rings. The van der Waals surface area contributed by atoms with E-state index in [4.69, 9.17) is 16.3 Å². The molecule has 25 heavy (non-hydrogen) atoms. The number of halogens is 2. The van der Waals surface area contributed by atoms with Gasteiger partial charge >= 0.3 is 0 Å². The summed E-state index contributed by atoms with van der Waals surface area (Å²) in [5.74, 6) is -0.355. The minimum Gasteiger partial charge on any atom is -0.377 e. The molecule has 1 aromatic carbocycles. The van der Waals surface area contributed by atoms with E-state index in [1.165, 1.54) is 12.4 Å². The summed E-state index contributed by atoms with van der Waals surface area (Å²) in [5.41, 5.74) is -0.0485. The van der Waals surface area contributed by atoms with Gasteiger partial charge in [0.15, 0.2) is 5.78 Å². The highest BCUT2D eigenvalue weighted by molar-refractivity contribution is 6.30. The van der Waals surface area contributed by atoms with Crippen LogP contribution in [0.2, 0.25) is 5.02 Å². The van der Waals surface area contributed by atoms with Gasteiger partial charge in [0.2, 0.25) is 0 Å². The van der Waals surface area contributed by atoms with Crippen LogP contribution in [0.1, 0.15) is 45.2 Å². The standard InChI is InChI=1S/C18H23ClFN3O2/c1-18(2,3)17(24)15(23-12-21-11-22-23)8-5-9-25-10-13-6-4-7-14(19)16(13)20/h4,6-7,11-12,15H,5,8-10H2,1-3H3. The van der Waals surface area contributed by atoms with Gasteiger partial charge in [0.1, 0.15) is 24.5 Å². The fraction of sp³-hybridized carbons (Fsp3) is 0.500. The summed E-state index contributed by atoms with van der Waals surface area (Å²) in [6, 6.07) is 4.45. The average Bonchev–Trinajstić information content (AvgIpc) is 3.07. The van der Waals surface area contributed by atoms with E-state index in [2.05, 4.69) is 10.1 Å². The summed E-state index contributed by atoms with van der Waals surface area (Å²) in [6.07, 6.45) is 4.20. The normalized spacial score (nSPS) is 13.0. The van der Waals surface area contributed by atoms with Crippen molar-refractivity contribution < 1.29 is 13.9 Å². The van der Waals surface area contributed by atoms with E-state index >= 15 is 0 Å². The largest absolute Gasteiger partial charge is 0.377 e. The Balaban J connectivity index is 1.87. The van der Waals surface area contributed by atoms with Gasteiger partial charge in [-0.05, 0) is 18.9 Å². The van der Waals surface area contributed by atoms with E-state index in [-0.39, 0.29) is 23.5 Å². The number of benzene rings is 1. The number of carbonyl (C=O) groups is 1.